The molecule has 0 atom stereocenters. The number of carbonyl (C=O) groups is 4. The van der Waals surface area contributed by atoms with Crippen molar-refractivity contribution in [2.75, 3.05) is 19.6 Å². The molecule has 0 heterocycles. The number of unbranched alkanes of at least 4 members (excludes halogenated alkanes) is 3. The van der Waals surface area contributed by atoms with Gasteiger partial charge in [-0.05, 0) is 43.5 Å². The summed E-state index contributed by atoms with van der Waals surface area (Å²) in [5.74, 6) is -0.617. The highest BCUT2D eigenvalue weighted by atomic mass is 16.5. The zero-order chi connectivity index (χ0) is 28.7. The van der Waals surface area contributed by atoms with Crippen molar-refractivity contribution in [3.63, 3.8) is 0 Å². The number of hydrogen-bond donors (Lipinski definition) is 3. The number of hydroxylamine groups is 1. The Kier molecular flexibility index (Phi) is 24.8. The molecule has 41 heavy (non-hydrogen) atoms. The molecule has 2 rings (SSSR count). The number of benzene rings is 2. The smallest absolute Gasteiger partial charge is 0.303 e. The maximum Gasteiger partial charge on any atom is 0.303 e. The van der Waals surface area contributed by atoms with Crippen molar-refractivity contribution in [1.29, 1.82) is 0 Å². The molecule has 0 aliphatic carbocycles. The quantitative estimate of drug-likeness (QED) is 0.103. The van der Waals surface area contributed by atoms with Crippen LogP contribution in [0.2, 0.25) is 0 Å². The lowest BCUT2D eigenvalue weighted by Gasteiger charge is -2.19. The Bertz CT molecular complexity index is 966. The zero-order valence-electron chi connectivity index (χ0n) is 23.1. The molecule has 0 aliphatic rings. The van der Waals surface area contributed by atoms with Crippen LogP contribution in [-0.2, 0) is 32.0 Å². The Hall–Kier alpha value is -3.36. The van der Waals surface area contributed by atoms with Gasteiger partial charge < -0.3 is 10.0 Å². The minimum atomic E-state index is -0.741. The standard InChI is InChI=1S/C16H24N2O3.C15H20O3.2CH4/c1-2-18(11-6-9-16(20)17-21)12-10-15(19)13-14-7-4-3-5-8-14;16-14(12-13-8-4-3-5-9-13)10-6-1-2-7-11-15(17)18;;/h3-5,7-8,21H,2,6,9-13H2,1H3,(H,17,20);3-5,8-9H,1-2,6-7,10-12H2,(H,17,18);2*1H4. The fourth-order valence-electron chi connectivity index (χ4n) is 4.01. The molecule has 8 nitrogen and oxygen atoms in total. The van der Waals surface area contributed by atoms with E-state index >= 15 is 0 Å². The van der Waals surface area contributed by atoms with Crippen LogP contribution in [0.25, 0.3) is 0 Å². The molecular formula is C33H52N2O6. The van der Waals surface area contributed by atoms with Gasteiger partial charge >= 0.3 is 5.97 Å². The Labute approximate surface area is 247 Å². The largest absolute Gasteiger partial charge is 0.481 e. The van der Waals surface area contributed by atoms with E-state index in [0.717, 1.165) is 43.5 Å². The number of aliphatic carboxylic acids is 1. The average Bonchev–Trinajstić information content (AvgIpc) is 2.93. The van der Waals surface area contributed by atoms with Gasteiger partial charge in [0, 0.05) is 45.1 Å². The fraction of sp³-hybridized carbons (Fsp3) is 0.515. The highest BCUT2D eigenvalue weighted by Gasteiger charge is 2.09. The number of carboxylic acid groups (broad SMARTS) is 1. The number of nitrogens with one attached hydrogen (secondary N) is 1. The van der Waals surface area contributed by atoms with E-state index in [1.54, 1.807) is 5.48 Å². The summed E-state index contributed by atoms with van der Waals surface area (Å²) in [6, 6.07) is 19.5. The van der Waals surface area contributed by atoms with Gasteiger partial charge in [-0.15, -0.1) is 0 Å². The predicted octanol–water partition coefficient (Wildman–Crippen LogP) is 6.29. The second-order valence-electron chi connectivity index (χ2n) is 9.53. The van der Waals surface area contributed by atoms with E-state index < -0.39 is 5.97 Å². The maximum absolute atomic E-state index is 11.9. The van der Waals surface area contributed by atoms with E-state index in [0.29, 0.717) is 51.5 Å². The first kappa shape index (κ1) is 39.8. The first-order valence-corrected chi connectivity index (χ1v) is 13.8. The molecule has 3 N–H and O–H groups in total. The molecule has 230 valence electrons. The molecular weight excluding hydrogens is 520 g/mol. The van der Waals surface area contributed by atoms with Crippen LogP contribution in [0, 0.1) is 0 Å². The number of amides is 1. The second kappa shape index (κ2) is 25.6. The number of hydrogen-bond acceptors (Lipinski definition) is 6. The van der Waals surface area contributed by atoms with Crippen LogP contribution in [0.4, 0.5) is 0 Å². The van der Waals surface area contributed by atoms with Crippen LogP contribution in [0.15, 0.2) is 60.7 Å². The molecule has 8 heteroatoms. The highest BCUT2D eigenvalue weighted by Crippen LogP contribution is 2.09. The van der Waals surface area contributed by atoms with Crippen molar-refractivity contribution in [2.45, 2.75) is 92.4 Å². The van der Waals surface area contributed by atoms with E-state index in [1.807, 2.05) is 67.6 Å². The van der Waals surface area contributed by atoms with E-state index in [9.17, 15) is 19.2 Å². The third kappa shape index (κ3) is 22.1. The van der Waals surface area contributed by atoms with Crippen molar-refractivity contribution < 1.29 is 29.5 Å². The van der Waals surface area contributed by atoms with Gasteiger partial charge in [0.2, 0.25) is 5.91 Å². The van der Waals surface area contributed by atoms with Crippen LogP contribution < -0.4 is 5.48 Å². The molecule has 2 aromatic rings. The Morgan fingerprint density at radius 3 is 1.61 bits per heavy atom. The topological polar surface area (TPSA) is 124 Å². The fourth-order valence-corrected chi connectivity index (χ4v) is 4.01. The number of ketones is 2. The summed E-state index contributed by atoms with van der Waals surface area (Å²) in [5, 5.41) is 16.9. The number of carbonyl (C=O) groups excluding carboxylic acids is 3. The first-order valence-electron chi connectivity index (χ1n) is 13.8. The lowest BCUT2D eigenvalue weighted by Crippen LogP contribution is -2.29. The average molecular weight is 573 g/mol. The molecule has 0 fully saturated rings. The lowest BCUT2D eigenvalue weighted by molar-refractivity contribution is -0.137. The SMILES string of the molecule is C.C.CCN(CCCC(=O)NO)CCC(=O)Cc1ccccc1.O=C(O)CCCCCCC(=O)Cc1ccccc1. The van der Waals surface area contributed by atoms with Crippen LogP contribution >= 0.6 is 0 Å². The summed E-state index contributed by atoms with van der Waals surface area (Å²) in [6.45, 7) is 4.35. The lowest BCUT2D eigenvalue weighted by atomic mass is 10.0. The van der Waals surface area contributed by atoms with E-state index in [-0.39, 0.29) is 38.7 Å². The molecule has 0 saturated carbocycles. The van der Waals surface area contributed by atoms with Crippen LogP contribution in [-0.4, -0.2) is 58.3 Å². The van der Waals surface area contributed by atoms with Gasteiger partial charge in [0.1, 0.15) is 11.6 Å². The van der Waals surface area contributed by atoms with Gasteiger partial charge in [-0.2, -0.15) is 0 Å². The van der Waals surface area contributed by atoms with E-state index in [1.165, 1.54) is 0 Å². The van der Waals surface area contributed by atoms with Crippen LogP contribution in [0.5, 0.6) is 0 Å². The number of rotatable bonds is 19. The van der Waals surface area contributed by atoms with Crippen molar-refractivity contribution >= 4 is 23.4 Å². The molecule has 0 bridgehead atoms. The summed E-state index contributed by atoms with van der Waals surface area (Å²) in [5.41, 5.74) is 3.73. The van der Waals surface area contributed by atoms with Gasteiger partial charge in [0.25, 0.3) is 0 Å². The van der Waals surface area contributed by atoms with Crippen molar-refractivity contribution in [3.8, 4) is 0 Å². The first-order chi connectivity index (χ1) is 18.8. The Balaban J connectivity index is 0. The van der Waals surface area contributed by atoms with Gasteiger partial charge in [-0.3, -0.25) is 24.4 Å². The van der Waals surface area contributed by atoms with Gasteiger partial charge in [0.15, 0.2) is 0 Å². The molecule has 0 aromatic heterocycles. The van der Waals surface area contributed by atoms with Gasteiger partial charge in [-0.25, -0.2) is 5.48 Å². The summed E-state index contributed by atoms with van der Waals surface area (Å²) in [6.07, 6.45) is 6.72. The monoisotopic (exact) mass is 572 g/mol. The van der Waals surface area contributed by atoms with Crippen LogP contribution in [0.3, 0.4) is 0 Å². The molecule has 0 saturated heterocycles. The highest BCUT2D eigenvalue weighted by molar-refractivity contribution is 5.81. The molecule has 1 amide bonds. The minimum absolute atomic E-state index is 0. The van der Waals surface area contributed by atoms with Crippen molar-refractivity contribution in [3.05, 3.63) is 71.8 Å². The third-order valence-electron chi connectivity index (χ3n) is 6.24. The third-order valence-corrected chi connectivity index (χ3v) is 6.24. The number of Topliss-reactive ketones (excluding diaryl/α,β-unsaturated/α-hetero) is 2. The summed E-state index contributed by atoms with van der Waals surface area (Å²) in [4.78, 5) is 46.9. The van der Waals surface area contributed by atoms with E-state index in [2.05, 4.69) is 4.90 Å². The maximum atomic E-state index is 11.9. The zero-order valence-corrected chi connectivity index (χ0v) is 23.1. The Morgan fingerprint density at radius 2 is 1.15 bits per heavy atom. The van der Waals surface area contributed by atoms with E-state index in [4.69, 9.17) is 10.3 Å². The Morgan fingerprint density at radius 1 is 0.659 bits per heavy atom. The summed E-state index contributed by atoms with van der Waals surface area (Å²) >= 11 is 0. The van der Waals surface area contributed by atoms with Gasteiger partial charge in [-0.1, -0.05) is 95.3 Å². The molecule has 0 unspecified atom stereocenters. The molecule has 0 radical (unpaired) electrons. The van der Waals surface area contributed by atoms with Crippen LogP contribution in [0.1, 0.15) is 90.7 Å². The van der Waals surface area contributed by atoms with Crippen molar-refractivity contribution in [2.24, 2.45) is 0 Å². The van der Waals surface area contributed by atoms with Gasteiger partial charge in [0.05, 0.1) is 0 Å². The second-order valence-corrected chi connectivity index (χ2v) is 9.53. The minimum Gasteiger partial charge on any atom is -0.481 e. The number of nitrogens with zero attached hydrogens (tertiary/aromatic N) is 1. The predicted molar refractivity (Wildman–Crippen MR) is 165 cm³/mol. The summed E-state index contributed by atoms with van der Waals surface area (Å²) in [7, 11) is 0. The van der Waals surface area contributed by atoms with Crippen molar-refractivity contribution in [1.82, 2.24) is 10.4 Å². The molecule has 0 aliphatic heterocycles. The molecule has 2 aromatic carbocycles. The molecule has 0 spiro atoms. The number of carboxylic acids is 1. The summed E-state index contributed by atoms with van der Waals surface area (Å²) < 4.78 is 0. The normalized spacial score (nSPS) is 9.93.